The first kappa shape index (κ1) is 18.9. The van der Waals surface area contributed by atoms with Crippen LogP contribution in [0.4, 0.5) is 0 Å². The van der Waals surface area contributed by atoms with Crippen molar-refractivity contribution >= 4 is 16.1 Å². The fraction of sp³-hybridized carbons (Fsp3) is 0.857. The zero-order chi connectivity index (χ0) is 16.9. The van der Waals surface area contributed by atoms with Gasteiger partial charge in [0, 0.05) is 45.7 Å². The Morgan fingerprint density at radius 3 is 2.41 bits per heavy atom. The van der Waals surface area contributed by atoms with E-state index in [1.54, 1.807) is 11.8 Å². The Labute approximate surface area is 133 Å². The summed E-state index contributed by atoms with van der Waals surface area (Å²) in [5, 5.41) is 8.82. The lowest BCUT2D eigenvalue weighted by atomic mass is 10.2. The van der Waals surface area contributed by atoms with Crippen molar-refractivity contribution in [3.8, 4) is 6.07 Å². The highest BCUT2D eigenvalue weighted by atomic mass is 32.2. The molecule has 1 aliphatic rings. The minimum atomic E-state index is -3.58. The molecule has 0 radical (unpaired) electrons. The summed E-state index contributed by atoms with van der Waals surface area (Å²) < 4.78 is 27.7. The van der Waals surface area contributed by atoms with Gasteiger partial charge in [0.25, 0.3) is 10.2 Å². The van der Waals surface area contributed by atoms with Gasteiger partial charge < -0.3 is 4.90 Å². The first-order valence-corrected chi connectivity index (χ1v) is 8.99. The van der Waals surface area contributed by atoms with Crippen LogP contribution < -0.4 is 0 Å². The predicted molar refractivity (Wildman–Crippen MR) is 83.9 cm³/mol. The van der Waals surface area contributed by atoms with E-state index in [-0.39, 0.29) is 24.3 Å². The number of carbonyl (C=O) groups excluding carboxylic acids is 1. The van der Waals surface area contributed by atoms with Crippen molar-refractivity contribution in [3.05, 3.63) is 0 Å². The van der Waals surface area contributed by atoms with E-state index >= 15 is 0 Å². The average Bonchev–Trinajstić information content (AvgIpc) is 2.72. The largest absolute Gasteiger partial charge is 0.341 e. The maximum atomic E-state index is 12.5. The summed E-state index contributed by atoms with van der Waals surface area (Å²) in [4.78, 5) is 13.8. The number of hydrogen-bond acceptors (Lipinski definition) is 4. The van der Waals surface area contributed by atoms with Gasteiger partial charge in [-0.15, -0.1) is 0 Å². The van der Waals surface area contributed by atoms with Crippen molar-refractivity contribution in [1.82, 2.24) is 13.5 Å². The summed E-state index contributed by atoms with van der Waals surface area (Å²) in [7, 11) is -2.09. The molecule has 1 aliphatic heterocycles. The van der Waals surface area contributed by atoms with Gasteiger partial charge in [0.05, 0.1) is 12.0 Å². The highest BCUT2D eigenvalue weighted by Crippen LogP contribution is 2.14. The maximum Gasteiger partial charge on any atom is 0.281 e. The number of hydrogen-bond donors (Lipinski definition) is 0. The van der Waals surface area contributed by atoms with Gasteiger partial charge in [-0.1, -0.05) is 13.8 Å². The summed E-state index contributed by atoms with van der Waals surface area (Å²) in [6.07, 6.45) is 0.624. The highest BCUT2D eigenvalue weighted by molar-refractivity contribution is 7.86. The maximum absolute atomic E-state index is 12.5. The normalized spacial score (nSPS) is 19.0. The van der Waals surface area contributed by atoms with Crippen LogP contribution in [0.15, 0.2) is 0 Å². The van der Waals surface area contributed by atoms with Crippen molar-refractivity contribution < 1.29 is 13.2 Å². The summed E-state index contributed by atoms with van der Waals surface area (Å²) in [5.74, 6) is -0.376. The molecular formula is C14H26N4O3S. The van der Waals surface area contributed by atoms with Crippen molar-refractivity contribution in [1.29, 1.82) is 5.26 Å². The standard InChI is InChI=1S/C14H26N4O3S/c1-12(2)14(19)17-6-5-7-18(9-8-17)22(20,21)16(4)11-13(3)10-15/h12-13H,5-9,11H2,1-4H3/t13-/m1/s1. The van der Waals surface area contributed by atoms with Gasteiger partial charge in [-0.05, 0) is 13.3 Å². The van der Waals surface area contributed by atoms with Crippen molar-refractivity contribution in [2.75, 3.05) is 39.8 Å². The van der Waals surface area contributed by atoms with E-state index < -0.39 is 10.2 Å². The van der Waals surface area contributed by atoms with Gasteiger partial charge in [0.2, 0.25) is 5.91 Å². The Kier molecular flexibility index (Phi) is 6.78. The molecule has 1 amide bonds. The monoisotopic (exact) mass is 330 g/mol. The molecular weight excluding hydrogens is 304 g/mol. The van der Waals surface area contributed by atoms with E-state index in [9.17, 15) is 13.2 Å². The van der Waals surface area contributed by atoms with E-state index in [4.69, 9.17) is 5.26 Å². The van der Waals surface area contributed by atoms with Crippen LogP contribution in [0.3, 0.4) is 0 Å². The molecule has 0 N–H and O–H groups in total. The Hall–Kier alpha value is -1.17. The van der Waals surface area contributed by atoms with Crippen LogP contribution in [-0.2, 0) is 15.0 Å². The lowest BCUT2D eigenvalue weighted by Crippen LogP contribution is -2.45. The number of rotatable bonds is 5. The molecule has 1 rings (SSSR count). The van der Waals surface area contributed by atoms with Crippen LogP contribution >= 0.6 is 0 Å². The SMILES string of the molecule is CC(C)C(=O)N1CCCN(S(=O)(=O)N(C)C[C@H](C)C#N)CC1. The molecule has 0 unspecified atom stereocenters. The molecule has 1 atom stereocenters. The zero-order valence-corrected chi connectivity index (χ0v) is 14.6. The van der Waals surface area contributed by atoms with Gasteiger partial charge in [-0.2, -0.15) is 22.3 Å². The van der Waals surface area contributed by atoms with Gasteiger partial charge in [0.15, 0.2) is 0 Å². The Bertz CT molecular complexity index is 527. The van der Waals surface area contributed by atoms with Crippen LogP contribution in [0.1, 0.15) is 27.2 Å². The highest BCUT2D eigenvalue weighted by Gasteiger charge is 2.30. The van der Waals surface area contributed by atoms with E-state index in [0.29, 0.717) is 32.6 Å². The number of carbonyl (C=O) groups is 1. The zero-order valence-electron chi connectivity index (χ0n) is 13.8. The van der Waals surface area contributed by atoms with E-state index in [0.717, 1.165) is 0 Å². The van der Waals surface area contributed by atoms with Crippen LogP contribution in [0.5, 0.6) is 0 Å². The van der Waals surface area contributed by atoms with E-state index in [1.165, 1.54) is 15.7 Å². The van der Waals surface area contributed by atoms with Crippen molar-refractivity contribution in [3.63, 3.8) is 0 Å². The Morgan fingerprint density at radius 2 is 1.86 bits per heavy atom. The molecule has 0 aromatic carbocycles. The Morgan fingerprint density at radius 1 is 1.23 bits per heavy atom. The van der Waals surface area contributed by atoms with Crippen molar-refractivity contribution in [2.24, 2.45) is 11.8 Å². The van der Waals surface area contributed by atoms with Gasteiger partial charge >= 0.3 is 0 Å². The molecule has 1 fully saturated rings. The topological polar surface area (TPSA) is 84.7 Å². The number of amides is 1. The molecule has 1 saturated heterocycles. The molecule has 0 saturated carbocycles. The lowest BCUT2D eigenvalue weighted by molar-refractivity contribution is -0.134. The van der Waals surface area contributed by atoms with E-state index in [1.807, 2.05) is 19.9 Å². The number of nitrogens with zero attached hydrogens (tertiary/aromatic N) is 4. The first-order chi connectivity index (χ1) is 10.2. The lowest BCUT2D eigenvalue weighted by Gasteiger charge is -2.27. The second-order valence-electron chi connectivity index (χ2n) is 6.05. The van der Waals surface area contributed by atoms with Gasteiger partial charge in [-0.25, -0.2) is 0 Å². The third-order valence-electron chi connectivity index (χ3n) is 3.73. The fourth-order valence-corrected chi connectivity index (χ4v) is 3.91. The molecule has 0 aliphatic carbocycles. The smallest absolute Gasteiger partial charge is 0.281 e. The number of nitriles is 1. The molecule has 22 heavy (non-hydrogen) atoms. The summed E-state index contributed by atoms with van der Waals surface area (Å²) in [6, 6.07) is 2.04. The minimum Gasteiger partial charge on any atom is -0.341 e. The third-order valence-corrected chi connectivity index (χ3v) is 5.69. The van der Waals surface area contributed by atoms with Gasteiger partial charge in [-0.3, -0.25) is 4.79 Å². The van der Waals surface area contributed by atoms with Crippen molar-refractivity contribution in [2.45, 2.75) is 27.2 Å². The second-order valence-corrected chi connectivity index (χ2v) is 8.09. The predicted octanol–water partition coefficient (Wildman–Crippen LogP) is 0.513. The molecule has 0 bridgehead atoms. The van der Waals surface area contributed by atoms with Crippen LogP contribution in [-0.4, -0.2) is 67.6 Å². The first-order valence-electron chi connectivity index (χ1n) is 7.60. The Balaban J connectivity index is 2.74. The molecule has 0 aromatic heterocycles. The molecule has 126 valence electrons. The second kappa shape index (κ2) is 7.90. The molecule has 8 heteroatoms. The summed E-state index contributed by atoms with van der Waals surface area (Å²) >= 11 is 0. The third kappa shape index (κ3) is 4.66. The van der Waals surface area contributed by atoms with Crippen LogP contribution in [0.2, 0.25) is 0 Å². The van der Waals surface area contributed by atoms with Crippen LogP contribution in [0.25, 0.3) is 0 Å². The summed E-state index contributed by atoms with van der Waals surface area (Å²) in [6.45, 7) is 7.25. The molecule has 0 aromatic rings. The molecule has 0 spiro atoms. The average molecular weight is 330 g/mol. The quantitative estimate of drug-likeness (QED) is 0.735. The minimum absolute atomic E-state index is 0.0608. The van der Waals surface area contributed by atoms with E-state index in [2.05, 4.69) is 0 Å². The summed E-state index contributed by atoms with van der Waals surface area (Å²) in [5.41, 5.74) is 0. The molecule has 7 nitrogen and oxygen atoms in total. The fourth-order valence-electron chi connectivity index (χ4n) is 2.43. The van der Waals surface area contributed by atoms with Gasteiger partial charge in [0.1, 0.15) is 0 Å². The van der Waals surface area contributed by atoms with Crippen LogP contribution in [0, 0.1) is 23.2 Å². The molecule has 1 heterocycles.